The predicted octanol–water partition coefficient (Wildman–Crippen LogP) is 0.327. The third-order valence-corrected chi connectivity index (χ3v) is 4.79. The average Bonchev–Trinajstić information content (AvgIpc) is 2.91. The van der Waals surface area contributed by atoms with Gasteiger partial charge in [-0.25, -0.2) is 4.90 Å². The van der Waals surface area contributed by atoms with Gasteiger partial charge < -0.3 is 9.84 Å². The van der Waals surface area contributed by atoms with Crippen LogP contribution in [-0.2, 0) is 9.59 Å². The summed E-state index contributed by atoms with van der Waals surface area (Å²) in [7, 11) is 0. The number of anilines is 1. The van der Waals surface area contributed by atoms with Gasteiger partial charge in [0.25, 0.3) is 5.91 Å². The summed E-state index contributed by atoms with van der Waals surface area (Å²) in [4.78, 5) is 31.0. The molecule has 0 aliphatic carbocycles. The van der Waals surface area contributed by atoms with Gasteiger partial charge in [-0.15, -0.1) is 0 Å². The van der Waals surface area contributed by atoms with E-state index in [0.29, 0.717) is 24.6 Å². The van der Waals surface area contributed by atoms with Crippen molar-refractivity contribution in [1.29, 1.82) is 0 Å². The highest BCUT2D eigenvalue weighted by molar-refractivity contribution is 6.23. The molecule has 7 nitrogen and oxygen atoms in total. The van der Waals surface area contributed by atoms with Gasteiger partial charge in [0.2, 0.25) is 5.91 Å². The fourth-order valence-electron chi connectivity index (χ4n) is 3.51. The van der Waals surface area contributed by atoms with Crippen LogP contribution >= 0.6 is 0 Å². The molecule has 0 saturated carbocycles. The lowest BCUT2D eigenvalue weighted by molar-refractivity contribution is -0.123. The molecule has 0 bridgehead atoms. The fourth-order valence-corrected chi connectivity index (χ4v) is 3.51. The molecule has 7 heteroatoms. The molecule has 2 aliphatic heterocycles. The number of ether oxygens (including phenoxy) is 1. The third kappa shape index (κ3) is 3.68. The summed E-state index contributed by atoms with van der Waals surface area (Å²) in [5.41, 5.74) is 0.528. The van der Waals surface area contributed by atoms with Crippen LogP contribution in [0.1, 0.15) is 13.3 Å². The monoisotopic (exact) mass is 347 g/mol. The summed E-state index contributed by atoms with van der Waals surface area (Å²) in [6.45, 7) is 6.20. The van der Waals surface area contributed by atoms with Gasteiger partial charge >= 0.3 is 0 Å². The van der Waals surface area contributed by atoms with Crippen LogP contribution < -0.4 is 9.64 Å². The predicted molar refractivity (Wildman–Crippen MR) is 93.6 cm³/mol. The molecular formula is C18H25N3O4. The van der Waals surface area contributed by atoms with Crippen LogP contribution in [0.3, 0.4) is 0 Å². The minimum atomic E-state index is -0.404. The molecule has 136 valence electrons. The molecule has 3 rings (SSSR count). The average molecular weight is 347 g/mol. The maximum absolute atomic E-state index is 12.9. The summed E-state index contributed by atoms with van der Waals surface area (Å²) in [6.07, 6.45) is 0.208. The van der Waals surface area contributed by atoms with E-state index in [1.165, 1.54) is 4.90 Å². The molecule has 1 aromatic carbocycles. The Morgan fingerprint density at radius 2 is 1.88 bits per heavy atom. The van der Waals surface area contributed by atoms with Gasteiger partial charge in [0, 0.05) is 32.7 Å². The van der Waals surface area contributed by atoms with Crippen molar-refractivity contribution in [2.75, 3.05) is 50.8 Å². The zero-order chi connectivity index (χ0) is 17.8. The summed E-state index contributed by atoms with van der Waals surface area (Å²) >= 11 is 0. The third-order valence-electron chi connectivity index (χ3n) is 4.79. The van der Waals surface area contributed by atoms with Gasteiger partial charge in [-0.1, -0.05) is 12.1 Å². The van der Waals surface area contributed by atoms with E-state index in [4.69, 9.17) is 9.84 Å². The standard InChI is InChI=1S/C18H25N3O4/c1-2-25-16-6-4-3-5-14(16)21-17(23)13-15(18(21)24)20-9-7-19(8-10-20)11-12-22/h3-6,15,22H,2,7-13H2,1H3. The Morgan fingerprint density at radius 1 is 1.16 bits per heavy atom. The summed E-state index contributed by atoms with van der Waals surface area (Å²) in [6, 6.07) is 6.76. The van der Waals surface area contributed by atoms with Crippen LogP contribution in [0.15, 0.2) is 24.3 Å². The first-order valence-electron chi connectivity index (χ1n) is 8.81. The summed E-state index contributed by atoms with van der Waals surface area (Å²) < 4.78 is 5.58. The quantitative estimate of drug-likeness (QED) is 0.748. The van der Waals surface area contributed by atoms with Gasteiger partial charge in [0.05, 0.1) is 31.4 Å². The molecule has 1 aromatic rings. The molecule has 2 saturated heterocycles. The van der Waals surface area contributed by atoms with Crippen LogP contribution in [0.5, 0.6) is 5.75 Å². The van der Waals surface area contributed by atoms with Crippen LogP contribution in [-0.4, -0.2) is 78.7 Å². The molecule has 1 N–H and O–H groups in total. The highest BCUT2D eigenvalue weighted by Gasteiger charge is 2.44. The first-order chi connectivity index (χ1) is 12.2. The van der Waals surface area contributed by atoms with Gasteiger partial charge in [-0.05, 0) is 19.1 Å². The zero-order valence-corrected chi connectivity index (χ0v) is 14.6. The van der Waals surface area contributed by atoms with E-state index in [1.54, 1.807) is 18.2 Å². The minimum Gasteiger partial charge on any atom is -0.492 e. The van der Waals surface area contributed by atoms with Gasteiger partial charge in [0.15, 0.2) is 0 Å². The van der Waals surface area contributed by atoms with Crippen molar-refractivity contribution in [2.45, 2.75) is 19.4 Å². The summed E-state index contributed by atoms with van der Waals surface area (Å²) in [5, 5.41) is 9.03. The van der Waals surface area contributed by atoms with Crippen molar-refractivity contribution in [3.63, 3.8) is 0 Å². The Morgan fingerprint density at radius 3 is 2.56 bits per heavy atom. The van der Waals surface area contributed by atoms with E-state index in [1.807, 2.05) is 13.0 Å². The summed E-state index contributed by atoms with van der Waals surface area (Å²) in [5.74, 6) is 0.202. The molecule has 1 atom stereocenters. The van der Waals surface area contributed by atoms with Crippen molar-refractivity contribution in [3.8, 4) is 5.75 Å². The zero-order valence-electron chi connectivity index (χ0n) is 14.6. The maximum atomic E-state index is 12.9. The Labute approximate surface area is 147 Å². The number of hydrogen-bond donors (Lipinski definition) is 1. The molecule has 2 amide bonds. The smallest absolute Gasteiger partial charge is 0.251 e. The number of carbonyl (C=O) groups excluding carboxylic acids is 2. The van der Waals surface area contributed by atoms with Crippen LogP contribution in [0.25, 0.3) is 0 Å². The number of rotatable bonds is 6. The number of benzene rings is 1. The van der Waals surface area contributed by atoms with E-state index in [2.05, 4.69) is 9.80 Å². The number of aliphatic hydroxyl groups is 1. The second-order valence-corrected chi connectivity index (χ2v) is 6.29. The largest absolute Gasteiger partial charge is 0.492 e. The second-order valence-electron chi connectivity index (χ2n) is 6.29. The van der Waals surface area contributed by atoms with Crippen LogP contribution in [0.2, 0.25) is 0 Å². The SMILES string of the molecule is CCOc1ccccc1N1C(=O)CC(N2CCN(CCO)CC2)C1=O. The lowest BCUT2D eigenvalue weighted by Crippen LogP contribution is -2.53. The van der Waals surface area contributed by atoms with Crippen molar-refractivity contribution in [2.24, 2.45) is 0 Å². The van der Waals surface area contributed by atoms with E-state index < -0.39 is 6.04 Å². The Balaban J connectivity index is 1.73. The molecule has 1 unspecified atom stereocenters. The second kappa shape index (κ2) is 7.95. The van der Waals surface area contributed by atoms with Gasteiger partial charge in [-0.3, -0.25) is 19.4 Å². The first-order valence-corrected chi connectivity index (χ1v) is 8.81. The number of carbonyl (C=O) groups is 2. The normalized spacial score (nSPS) is 22.6. The van der Waals surface area contributed by atoms with Crippen LogP contribution in [0, 0.1) is 0 Å². The van der Waals surface area contributed by atoms with Gasteiger partial charge in [-0.2, -0.15) is 0 Å². The molecule has 0 spiro atoms. The number of hydrogen-bond acceptors (Lipinski definition) is 6. The van der Waals surface area contributed by atoms with Crippen LogP contribution in [0.4, 0.5) is 5.69 Å². The Kier molecular flexibility index (Phi) is 5.67. The number of para-hydroxylation sites is 2. The first kappa shape index (κ1) is 17.8. The number of β-amino-alcohol motifs (C(OH)–C–C–N with tert-alkyl or cyclic N) is 1. The maximum Gasteiger partial charge on any atom is 0.251 e. The van der Waals surface area contributed by atoms with E-state index in [-0.39, 0.29) is 24.8 Å². The van der Waals surface area contributed by atoms with Crippen molar-refractivity contribution in [3.05, 3.63) is 24.3 Å². The minimum absolute atomic E-state index is 0.142. The van der Waals surface area contributed by atoms with E-state index in [0.717, 1.165) is 26.2 Å². The number of piperazine rings is 1. The molecular weight excluding hydrogens is 322 g/mol. The number of amides is 2. The lowest BCUT2D eigenvalue weighted by Gasteiger charge is -2.36. The van der Waals surface area contributed by atoms with Crippen molar-refractivity contribution in [1.82, 2.24) is 9.80 Å². The van der Waals surface area contributed by atoms with Crippen molar-refractivity contribution < 1.29 is 19.4 Å². The molecule has 2 fully saturated rings. The lowest BCUT2D eigenvalue weighted by atomic mass is 10.1. The molecule has 0 radical (unpaired) electrons. The number of aliphatic hydroxyl groups excluding tert-OH is 1. The molecule has 2 heterocycles. The molecule has 2 aliphatic rings. The Bertz CT molecular complexity index is 629. The van der Waals surface area contributed by atoms with E-state index >= 15 is 0 Å². The molecule has 25 heavy (non-hydrogen) atoms. The molecule has 0 aromatic heterocycles. The van der Waals surface area contributed by atoms with Crippen molar-refractivity contribution >= 4 is 17.5 Å². The van der Waals surface area contributed by atoms with Gasteiger partial charge in [0.1, 0.15) is 5.75 Å². The highest BCUT2D eigenvalue weighted by atomic mass is 16.5. The highest BCUT2D eigenvalue weighted by Crippen LogP contribution is 2.33. The number of nitrogens with zero attached hydrogens (tertiary/aromatic N) is 3. The van der Waals surface area contributed by atoms with E-state index in [9.17, 15) is 9.59 Å². The fraction of sp³-hybridized carbons (Fsp3) is 0.556. The number of imide groups is 1. The topological polar surface area (TPSA) is 73.3 Å². The Hall–Kier alpha value is -1.96.